The van der Waals surface area contributed by atoms with Gasteiger partial charge < -0.3 is 4.74 Å². The predicted molar refractivity (Wildman–Crippen MR) is 140 cm³/mol. The lowest BCUT2D eigenvalue weighted by Gasteiger charge is -2.26. The van der Waals surface area contributed by atoms with Gasteiger partial charge in [-0.05, 0) is 30.3 Å². The Morgan fingerprint density at radius 2 is 1.65 bits per heavy atom. The van der Waals surface area contributed by atoms with Gasteiger partial charge in [0, 0.05) is 36.0 Å². The molecule has 0 radical (unpaired) electrons. The van der Waals surface area contributed by atoms with Gasteiger partial charge >= 0.3 is 0 Å². The molecule has 0 spiro atoms. The van der Waals surface area contributed by atoms with Crippen LogP contribution in [0.2, 0.25) is 0 Å². The summed E-state index contributed by atoms with van der Waals surface area (Å²) in [6, 6.07) is 25.3. The van der Waals surface area contributed by atoms with E-state index in [1.165, 1.54) is 22.7 Å². The molecule has 0 aliphatic carbocycles. The zero-order valence-electron chi connectivity index (χ0n) is 19.9. The molecule has 0 bridgehead atoms. The molecule has 1 fully saturated rings. The molecule has 2 heterocycles. The van der Waals surface area contributed by atoms with Crippen LogP contribution in [0.1, 0.15) is 15.9 Å². The summed E-state index contributed by atoms with van der Waals surface area (Å²) in [5.41, 5.74) is 5.90. The van der Waals surface area contributed by atoms with Gasteiger partial charge in [0.2, 0.25) is 10.0 Å². The van der Waals surface area contributed by atoms with Gasteiger partial charge in [0.05, 0.1) is 30.0 Å². The van der Waals surface area contributed by atoms with Gasteiger partial charge in [0.15, 0.2) is 0 Å². The average Bonchev–Trinajstić information content (AvgIpc) is 3.39. The number of hydrogen-bond donors (Lipinski definition) is 1. The summed E-state index contributed by atoms with van der Waals surface area (Å²) in [7, 11) is -3.72. The van der Waals surface area contributed by atoms with Gasteiger partial charge in [-0.1, -0.05) is 54.6 Å². The fourth-order valence-electron chi connectivity index (χ4n) is 3.97. The Kier molecular flexibility index (Phi) is 7.22. The maximum absolute atomic E-state index is 13.0. The van der Waals surface area contributed by atoms with Crippen molar-refractivity contribution >= 4 is 22.1 Å². The number of carbonyl (C=O) groups excluding carboxylic acids is 1. The second kappa shape index (κ2) is 10.9. The van der Waals surface area contributed by atoms with Crippen LogP contribution >= 0.6 is 0 Å². The Hall–Kier alpha value is -4.12. The number of sulfonamides is 1. The molecule has 0 unspecified atom stereocenters. The quantitative estimate of drug-likeness (QED) is 0.300. The standard InChI is InChI=1S/C27H25N5O4S/c33-27(22-10-7-13-25(18-22)37(34,35)31-14-16-36-17-15-31)29-28-19-23-20-32(24-11-5-2-6-12-24)30-26(23)21-8-3-1-4-9-21/h1-13,18-20H,14-17H2,(H,29,33)/b28-19-. The van der Waals surface area contributed by atoms with Gasteiger partial charge in [0.25, 0.3) is 5.91 Å². The minimum atomic E-state index is -3.72. The summed E-state index contributed by atoms with van der Waals surface area (Å²) in [5, 5.41) is 8.86. The number of hydrogen-bond acceptors (Lipinski definition) is 6. The van der Waals surface area contributed by atoms with Crippen LogP contribution in [0.15, 0.2) is 101 Å². The number of carbonyl (C=O) groups is 1. The van der Waals surface area contributed by atoms with E-state index in [1.54, 1.807) is 16.8 Å². The van der Waals surface area contributed by atoms with E-state index in [4.69, 9.17) is 9.84 Å². The lowest BCUT2D eigenvalue weighted by molar-refractivity contribution is 0.0730. The Balaban J connectivity index is 1.36. The summed E-state index contributed by atoms with van der Waals surface area (Å²) >= 11 is 0. The van der Waals surface area contributed by atoms with Gasteiger partial charge in [-0.3, -0.25) is 4.79 Å². The summed E-state index contributed by atoms with van der Waals surface area (Å²) in [6.07, 6.45) is 3.36. The minimum absolute atomic E-state index is 0.0570. The van der Waals surface area contributed by atoms with Crippen LogP contribution in [0.5, 0.6) is 0 Å². The summed E-state index contributed by atoms with van der Waals surface area (Å²) in [4.78, 5) is 12.9. The molecule has 9 nitrogen and oxygen atoms in total. The van der Waals surface area contributed by atoms with Crippen LogP contribution in [-0.4, -0.2) is 60.9 Å². The summed E-state index contributed by atoms with van der Waals surface area (Å²) in [5.74, 6) is -0.521. The van der Waals surface area contributed by atoms with Crippen molar-refractivity contribution in [3.05, 3.63) is 102 Å². The van der Waals surface area contributed by atoms with E-state index in [-0.39, 0.29) is 23.5 Å². The highest BCUT2D eigenvalue weighted by Gasteiger charge is 2.26. The van der Waals surface area contributed by atoms with Gasteiger partial charge in [-0.25, -0.2) is 18.5 Å². The fraction of sp³-hybridized carbons (Fsp3) is 0.148. The molecule has 3 aromatic carbocycles. The average molecular weight is 516 g/mol. The van der Waals surface area contributed by atoms with Crippen LogP contribution < -0.4 is 5.43 Å². The zero-order valence-corrected chi connectivity index (χ0v) is 20.7. The molecule has 1 amide bonds. The van der Waals surface area contributed by atoms with Crippen LogP contribution in [-0.2, 0) is 14.8 Å². The van der Waals surface area contributed by atoms with E-state index in [0.717, 1.165) is 11.3 Å². The molecule has 0 atom stereocenters. The second-order valence-corrected chi connectivity index (χ2v) is 10.3. The van der Waals surface area contributed by atoms with E-state index in [9.17, 15) is 13.2 Å². The summed E-state index contributed by atoms with van der Waals surface area (Å²) in [6.45, 7) is 1.26. The van der Waals surface area contributed by atoms with E-state index in [1.807, 2.05) is 66.9 Å². The second-order valence-electron chi connectivity index (χ2n) is 8.32. The molecule has 4 aromatic rings. The van der Waals surface area contributed by atoms with Crippen molar-refractivity contribution in [3.8, 4) is 16.9 Å². The van der Waals surface area contributed by atoms with Crippen molar-refractivity contribution < 1.29 is 17.9 Å². The zero-order chi connectivity index (χ0) is 25.7. The van der Waals surface area contributed by atoms with Crippen molar-refractivity contribution in [3.63, 3.8) is 0 Å². The number of morpholine rings is 1. The van der Waals surface area contributed by atoms with E-state index >= 15 is 0 Å². The third-order valence-corrected chi connectivity index (χ3v) is 7.78. The summed E-state index contributed by atoms with van der Waals surface area (Å²) < 4.78 is 34.3. The van der Waals surface area contributed by atoms with Crippen molar-refractivity contribution in [2.75, 3.05) is 26.3 Å². The molecule has 1 aliphatic rings. The number of amides is 1. The van der Waals surface area contributed by atoms with Crippen LogP contribution in [0.3, 0.4) is 0 Å². The number of para-hydroxylation sites is 1. The number of nitrogens with one attached hydrogen (secondary N) is 1. The number of rotatable bonds is 7. The number of nitrogens with zero attached hydrogens (tertiary/aromatic N) is 4. The SMILES string of the molecule is O=C(N/N=C\c1cn(-c2ccccc2)nc1-c1ccccc1)c1cccc(S(=O)(=O)N2CCOCC2)c1. The highest BCUT2D eigenvalue weighted by molar-refractivity contribution is 7.89. The van der Waals surface area contributed by atoms with Crippen molar-refractivity contribution in [1.29, 1.82) is 0 Å². The topological polar surface area (TPSA) is 106 Å². The fourth-order valence-corrected chi connectivity index (χ4v) is 5.43. The number of ether oxygens (including phenoxy) is 1. The Bertz CT molecular complexity index is 1510. The smallest absolute Gasteiger partial charge is 0.271 e. The number of aromatic nitrogens is 2. The lowest BCUT2D eigenvalue weighted by Crippen LogP contribution is -2.40. The molecule has 188 valence electrons. The third kappa shape index (κ3) is 5.51. The van der Waals surface area contributed by atoms with E-state index in [2.05, 4.69) is 10.5 Å². The number of benzene rings is 3. The third-order valence-electron chi connectivity index (χ3n) is 5.88. The van der Waals surface area contributed by atoms with Gasteiger partial charge in [-0.2, -0.15) is 14.5 Å². The van der Waals surface area contributed by atoms with Gasteiger partial charge in [-0.15, -0.1) is 0 Å². The Morgan fingerprint density at radius 1 is 0.946 bits per heavy atom. The highest BCUT2D eigenvalue weighted by Crippen LogP contribution is 2.22. The van der Waals surface area contributed by atoms with Crippen LogP contribution in [0.25, 0.3) is 16.9 Å². The molecule has 37 heavy (non-hydrogen) atoms. The van der Waals surface area contributed by atoms with Crippen molar-refractivity contribution in [2.45, 2.75) is 4.90 Å². The van der Waals surface area contributed by atoms with Crippen LogP contribution in [0, 0.1) is 0 Å². The molecule has 1 aliphatic heterocycles. The molecular weight excluding hydrogens is 490 g/mol. The van der Waals surface area contributed by atoms with E-state index in [0.29, 0.717) is 24.5 Å². The molecule has 1 aromatic heterocycles. The van der Waals surface area contributed by atoms with Crippen molar-refractivity contribution in [1.82, 2.24) is 19.5 Å². The normalized spacial score (nSPS) is 14.6. The molecular formula is C27H25N5O4S. The molecule has 1 N–H and O–H groups in total. The largest absolute Gasteiger partial charge is 0.379 e. The molecule has 5 rings (SSSR count). The first kappa shape index (κ1) is 24.6. The van der Waals surface area contributed by atoms with Gasteiger partial charge in [0.1, 0.15) is 5.69 Å². The molecule has 0 saturated carbocycles. The predicted octanol–water partition coefficient (Wildman–Crippen LogP) is 3.32. The van der Waals surface area contributed by atoms with E-state index < -0.39 is 15.9 Å². The minimum Gasteiger partial charge on any atom is -0.379 e. The highest BCUT2D eigenvalue weighted by atomic mass is 32.2. The van der Waals surface area contributed by atoms with Crippen LogP contribution in [0.4, 0.5) is 0 Å². The molecule has 1 saturated heterocycles. The maximum Gasteiger partial charge on any atom is 0.271 e. The maximum atomic E-state index is 13.0. The van der Waals surface area contributed by atoms with Crippen molar-refractivity contribution in [2.24, 2.45) is 5.10 Å². The number of hydrazone groups is 1. The molecule has 10 heteroatoms. The lowest BCUT2D eigenvalue weighted by atomic mass is 10.1. The monoisotopic (exact) mass is 515 g/mol. The Labute approximate surface area is 215 Å². The Morgan fingerprint density at radius 3 is 2.38 bits per heavy atom. The first-order chi connectivity index (χ1) is 18.0. The first-order valence-electron chi connectivity index (χ1n) is 11.7. The first-order valence-corrected chi connectivity index (χ1v) is 13.2.